The first-order valence-corrected chi connectivity index (χ1v) is 4.08. The smallest absolute Gasteiger partial charge is 0.206 e. The summed E-state index contributed by atoms with van der Waals surface area (Å²) in [7, 11) is 1.67. The van der Waals surface area contributed by atoms with Crippen molar-refractivity contribution >= 4 is 0 Å². The van der Waals surface area contributed by atoms with Crippen molar-refractivity contribution in [3.05, 3.63) is 5.82 Å². The van der Waals surface area contributed by atoms with E-state index < -0.39 is 0 Å². The zero-order valence-corrected chi connectivity index (χ0v) is 7.66. The summed E-state index contributed by atoms with van der Waals surface area (Å²) in [5.41, 5.74) is -0.368. The molecule has 0 amide bonds. The molecule has 0 fully saturated rings. The number of aromatic amines is 1. The minimum absolute atomic E-state index is 0.368. The summed E-state index contributed by atoms with van der Waals surface area (Å²) >= 11 is 0. The van der Waals surface area contributed by atoms with E-state index in [-0.39, 0.29) is 5.60 Å². The van der Waals surface area contributed by atoms with Crippen molar-refractivity contribution in [2.75, 3.05) is 7.11 Å². The van der Waals surface area contributed by atoms with E-state index in [9.17, 15) is 0 Å². The average molecular weight is 170 g/mol. The normalized spacial score (nSPS) is 11.9. The van der Waals surface area contributed by atoms with Gasteiger partial charge in [0.25, 0.3) is 0 Å². The molecule has 0 saturated carbocycles. The Balaban J connectivity index is 2.93. The Hall–Kier alpha value is -0.970. The second-order valence-corrected chi connectivity index (χ2v) is 2.64. The van der Waals surface area contributed by atoms with Crippen molar-refractivity contribution in [1.82, 2.24) is 20.6 Å². The third-order valence-electron chi connectivity index (χ3n) is 2.29. The van der Waals surface area contributed by atoms with E-state index in [0.717, 1.165) is 12.8 Å². The lowest BCUT2D eigenvalue weighted by Crippen LogP contribution is -2.28. The van der Waals surface area contributed by atoms with Crippen LogP contribution in [0.5, 0.6) is 0 Å². The Morgan fingerprint density at radius 3 is 2.42 bits per heavy atom. The molecule has 0 radical (unpaired) electrons. The van der Waals surface area contributed by atoms with Gasteiger partial charge in [0.05, 0.1) is 0 Å². The fourth-order valence-electron chi connectivity index (χ4n) is 1.30. The number of nitrogens with zero attached hydrogens (tertiary/aromatic N) is 3. The molecule has 0 aliphatic heterocycles. The van der Waals surface area contributed by atoms with Gasteiger partial charge < -0.3 is 4.74 Å². The van der Waals surface area contributed by atoms with Gasteiger partial charge in [-0.3, -0.25) is 0 Å². The maximum Gasteiger partial charge on any atom is 0.206 e. The second-order valence-electron chi connectivity index (χ2n) is 2.64. The van der Waals surface area contributed by atoms with Gasteiger partial charge in [0.2, 0.25) is 5.82 Å². The van der Waals surface area contributed by atoms with Crippen molar-refractivity contribution in [3.8, 4) is 0 Å². The molecule has 0 spiro atoms. The van der Waals surface area contributed by atoms with Gasteiger partial charge in [0, 0.05) is 7.11 Å². The number of ether oxygens (including phenoxy) is 1. The molecule has 0 bridgehead atoms. The molecule has 5 heteroatoms. The molecule has 1 rings (SSSR count). The summed E-state index contributed by atoms with van der Waals surface area (Å²) in [5.74, 6) is 0.634. The zero-order chi connectivity index (χ0) is 9.03. The topological polar surface area (TPSA) is 63.7 Å². The molecule has 12 heavy (non-hydrogen) atoms. The third kappa shape index (κ3) is 1.32. The summed E-state index contributed by atoms with van der Waals surface area (Å²) in [6, 6.07) is 0. The molecule has 0 unspecified atom stereocenters. The number of rotatable bonds is 4. The molecule has 0 aromatic carbocycles. The van der Waals surface area contributed by atoms with Crippen LogP contribution < -0.4 is 0 Å². The van der Waals surface area contributed by atoms with Crippen LogP contribution in [0.25, 0.3) is 0 Å². The van der Waals surface area contributed by atoms with Gasteiger partial charge in [-0.15, -0.1) is 10.2 Å². The summed E-state index contributed by atoms with van der Waals surface area (Å²) in [6.07, 6.45) is 1.69. The van der Waals surface area contributed by atoms with Crippen molar-refractivity contribution in [2.24, 2.45) is 0 Å². The van der Waals surface area contributed by atoms with Crippen LogP contribution in [0.4, 0.5) is 0 Å². The van der Waals surface area contributed by atoms with Crippen LogP contribution in [0.3, 0.4) is 0 Å². The van der Waals surface area contributed by atoms with Gasteiger partial charge in [-0.25, -0.2) is 0 Å². The standard InChI is InChI=1S/C7H14N4O/c1-4-7(5-2,12-3)6-8-10-11-9-6/h4-5H2,1-3H3,(H,8,9,10,11). The van der Waals surface area contributed by atoms with Crippen LogP contribution >= 0.6 is 0 Å². The van der Waals surface area contributed by atoms with Crippen molar-refractivity contribution in [2.45, 2.75) is 32.3 Å². The van der Waals surface area contributed by atoms with Crippen LogP contribution in [-0.4, -0.2) is 27.7 Å². The van der Waals surface area contributed by atoms with E-state index in [4.69, 9.17) is 4.74 Å². The predicted octanol–water partition coefficient (Wildman–Crippen LogP) is 0.861. The maximum absolute atomic E-state index is 5.40. The molecule has 1 aromatic heterocycles. The summed E-state index contributed by atoms with van der Waals surface area (Å²) in [6.45, 7) is 4.09. The Morgan fingerprint density at radius 1 is 1.42 bits per heavy atom. The molecule has 68 valence electrons. The number of tetrazole rings is 1. The second kappa shape index (κ2) is 3.62. The van der Waals surface area contributed by atoms with Gasteiger partial charge in [-0.1, -0.05) is 19.1 Å². The fraction of sp³-hybridized carbons (Fsp3) is 0.857. The Bertz CT molecular complexity index is 209. The first-order valence-electron chi connectivity index (χ1n) is 4.08. The highest BCUT2D eigenvalue weighted by molar-refractivity contribution is 4.96. The van der Waals surface area contributed by atoms with Crippen molar-refractivity contribution in [3.63, 3.8) is 0 Å². The Labute approximate surface area is 71.5 Å². The Kier molecular flexibility index (Phi) is 2.75. The van der Waals surface area contributed by atoms with E-state index >= 15 is 0 Å². The molecule has 1 N–H and O–H groups in total. The first-order chi connectivity index (χ1) is 5.79. The zero-order valence-electron chi connectivity index (χ0n) is 7.66. The highest BCUT2D eigenvalue weighted by Gasteiger charge is 2.32. The lowest BCUT2D eigenvalue weighted by atomic mass is 9.96. The van der Waals surface area contributed by atoms with Crippen molar-refractivity contribution in [1.29, 1.82) is 0 Å². The highest BCUT2D eigenvalue weighted by Crippen LogP contribution is 2.28. The molecule has 1 aromatic rings. The van der Waals surface area contributed by atoms with Gasteiger partial charge in [0.1, 0.15) is 5.60 Å². The van der Waals surface area contributed by atoms with Crippen LogP contribution in [0, 0.1) is 0 Å². The number of aromatic nitrogens is 4. The van der Waals surface area contributed by atoms with Crippen LogP contribution in [0.1, 0.15) is 32.5 Å². The summed E-state index contributed by atoms with van der Waals surface area (Å²) in [4.78, 5) is 0. The number of hydrogen-bond acceptors (Lipinski definition) is 4. The SMILES string of the molecule is CCC(CC)(OC)c1nn[nH]n1. The minimum Gasteiger partial charge on any atom is -0.370 e. The lowest BCUT2D eigenvalue weighted by molar-refractivity contribution is -0.0291. The van der Waals surface area contributed by atoms with E-state index in [2.05, 4.69) is 20.6 Å². The molecular weight excluding hydrogens is 156 g/mol. The number of methoxy groups -OCH3 is 1. The van der Waals surface area contributed by atoms with E-state index in [1.807, 2.05) is 13.8 Å². The van der Waals surface area contributed by atoms with Crippen molar-refractivity contribution < 1.29 is 4.74 Å². The average Bonchev–Trinajstić information content (AvgIpc) is 2.62. The van der Waals surface area contributed by atoms with Crippen LogP contribution in [-0.2, 0) is 10.3 Å². The molecule has 5 nitrogen and oxygen atoms in total. The Morgan fingerprint density at radius 2 is 2.08 bits per heavy atom. The maximum atomic E-state index is 5.40. The predicted molar refractivity (Wildman–Crippen MR) is 43.4 cm³/mol. The highest BCUT2D eigenvalue weighted by atomic mass is 16.5. The molecule has 0 aliphatic carbocycles. The van der Waals surface area contributed by atoms with Gasteiger partial charge in [0.15, 0.2) is 0 Å². The molecule has 0 saturated heterocycles. The number of hydrogen-bond donors (Lipinski definition) is 1. The van der Waals surface area contributed by atoms with Gasteiger partial charge in [-0.05, 0) is 12.8 Å². The quantitative estimate of drug-likeness (QED) is 0.728. The number of nitrogens with one attached hydrogen (secondary N) is 1. The third-order valence-corrected chi connectivity index (χ3v) is 2.29. The van der Waals surface area contributed by atoms with Gasteiger partial charge in [-0.2, -0.15) is 5.21 Å². The molecule has 1 heterocycles. The van der Waals surface area contributed by atoms with Crippen LogP contribution in [0.15, 0.2) is 0 Å². The number of H-pyrrole nitrogens is 1. The first kappa shape index (κ1) is 9.12. The monoisotopic (exact) mass is 170 g/mol. The summed E-state index contributed by atoms with van der Waals surface area (Å²) in [5, 5.41) is 13.8. The van der Waals surface area contributed by atoms with Gasteiger partial charge >= 0.3 is 0 Å². The van der Waals surface area contributed by atoms with E-state index in [1.54, 1.807) is 7.11 Å². The van der Waals surface area contributed by atoms with Crippen LogP contribution in [0.2, 0.25) is 0 Å². The largest absolute Gasteiger partial charge is 0.370 e. The molecule has 0 aliphatic rings. The summed E-state index contributed by atoms with van der Waals surface area (Å²) < 4.78 is 5.40. The van der Waals surface area contributed by atoms with E-state index in [1.165, 1.54) is 0 Å². The molecule has 0 atom stereocenters. The van der Waals surface area contributed by atoms with E-state index in [0.29, 0.717) is 5.82 Å². The lowest BCUT2D eigenvalue weighted by Gasteiger charge is -2.25. The molecular formula is C7H14N4O. The fourth-order valence-corrected chi connectivity index (χ4v) is 1.30. The minimum atomic E-state index is -0.368.